The van der Waals surface area contributed by atoms with Gasteiger partial charge in [-0.2, -0.15) is 5.10 Å². The number of carbonyl (C=O) groups excluding carboxylic acids is 4. The number of rotatable bonds is 13. The van der Waals surface area contributed by atoms with Crippen LogP contribution in [0.1, 0.15) is 78.9 Å². The highest BCUT2D eigenvalue weighted by Gasteiger charge is 2.39. The molecule has 3 saturated heterocycles. The number of hydrogen-bond donors (Lipinski definition) is 2. The van der Waals surface area contributed by atoms with Crippen molar-refractivity contribution in [3.63, 3.8) is 0 Å². The zero-order chi connectivity index (χ0) is 42.7. The highest BCUT2D eigenvalue weighted by molar-refractivity contribution is 6.05. The van der Waals surface area contributed by atoms with E-state index >= 15 is 8.78 Å². The number of nitrogens with one attached hydrogen (secondary N) is 2. The minimum Gasteiger partial charge on any atom is -0.494 e. The first kappa shape index (κ1) is 41.2. The summed E-state index contributed by atoms with van der Waals surface area (Å²) >= 11 is 0. The number of piperidine rings is 2. The Morgan fingerprint density at radius 3 is 2.56 bits per heavy atom. The van der Waals surface area contributed by atoms with E-state index in [0.717, 1.165) is 49.8 Å². The van der Waals surface area contributed by atoms with Gasteiger partial charge in [-0.05, 0) is 80.0 Å². The summed E-state index contributed by atoms with van der Waals surface area (Å²) in [6.07, 6.45) is 10.0. The van der Waals surface area contributed by atoms with E-state index in [9.17, 15) is 19.2 Å². The Balaban J connectivity index is 0.735. The highest BCUT2D eigenvalue weighted by Crippen LogP contribution is 2.33. The number of likely N-dealkylation sites (tertiary alicyclic amines) is 1. The molecule has 14 nitrogen and oxygen atoms in total. The second kappa shape index (κ2) is 18.1. The van der Waals surface area contributed by atoms with Crippen LogP contribution in [-0.2, 0) is 32.1 Å². The molecule has 3 aromatic carbocycles. The Kier molecular flexibility index (Phi) is 12.0. The highest BCUT2D eigenvalue weighted by atomic mass is 19.1. The summed E-state index contributed by atoms with van der Waals surface area (Å²) in [5, 5.41) is 10.2. The van der Waals surface area contributed by atoms with E-state index in [1.807, 2.05) is 34.0 Å². The van der Waals surface area contributed by atoms with Crippen LogP contribution in [-0.4, -0.2) is 105 Å². The maximum absolute atomic E-state index is 15.4. The lowest BCUT2D eigenvalue weighted by atomic mass is 9.98. The Morgan fingerprint density at radius 2 is 1.77 bits per heavy atom. The zero-order valence-electron chi connectivity index (χ0n) is 34.3. The average molecular weight is 847 g/mol. The van der Waals surface area contributed by atoms with E-state index in [-0.39, 0.29) is 48.3 Å². The van der Waals surface area contributed by atoms with Crippen molar-refractivity contribution in [3.05, 3.63) is 95.4 Å². The number of carbonyl (C=O) groups is 4. The molecule has 5 aromatic rings. The van der Waals surface area contributed by atoms with E-state index in [1.165, 1.54) is 17.0 Å². The van der Waals surface area contributed by atoms with Crippen LogP contribution in [0.25, 0.3) is 33.4 Å². The SMILES string of the molecule is O=C1CCC(N2Cc3ccc(OCCCCCC(=O)N4CCC(n5cc(-c6cnc7cccc(-c8cc(F)c(CC9CNCCO9)c(F)c8)c7n6)cn5)CC4)cc3C2=O)C(=O)N1. The van der Waals surface area contributed by atoms with Crippen molar-refractivity contribution < 1.29 is 37.4 Å². The monoisotopic (exact) mass is 846 g/mol. The molecule has 0 aliphatic carbocycles. The van der Waals surface area contributed by atoms with Crippen LogP contribution in [0.4, 0.5) is 8.78 Å². The Morgan fingerprint density at radius 1 is 0.935 bits per heavy atom. The van der Waals surface area contributed by atoms with Crippen molar-refractivity contribution in [2.75, 3.05) is 39.4 Å². The molecule has 3 fully saturated rings. The topological polar surface area (TPSA) is 161 Å². The predicted octanol–water partition coefficient (Wildman–Crippen LogP) is 5.53. The predicted molar refractivity (Wildman–Crippen MR) is 224 cm³/mol. The van der Waals surface area contributed by atoms with Gasteiger partial charge in [-0.15, -0.1) is 0 Å². The molecule has 4 aliphatic rings. The van der Waals surface area contributed by atoms with E-state index in [0.29, 0.717) is 91.4 Å². The molecule has 0 saturated carbocycles. The van der Waals surface area contributed by atoms with Gasteiger partial charge in [-0.25, -0.2) is 13.8 Å². The van der Waals surface area contributed by atoms with Gasteiger partial charge < -0.3 is 24.6 Å². The van der Waals surface area contributed by atoms with Crippen LogP contribution < -0.4 is 15.4 Å². The first-order chi connectivity index (χ1) is 30.2. The van der Waals surface area contributed by atoms with Crippen LogP contribution in [0.5, 0.6) is 5.75 Å². The molecule has 62 heavy (non-hydrogen) atoms. The lowest BCUT2D eigenvalue weighted by Gasteiger charge is -2.32. The van der Waals surface area contributed by atoms with Crippen LogP contribution >= 0.6 is 0 Å². The van der Waals surface area contributed by atoms with Gasteiger partial charge in [-0.3, -0.25) is 34.2 Å². The molecule has 2 unspecified atom stereocenters. The smallest absolute Gasteiger partial charge is 0.255 e. The summed E-state index contributed by atoms with van der Waals surface area (Å²) in [6, 6.07) is 13.0. The quantitative estimate of drug-likeness (QED) is 0.114. The molecule has 0 bridgehead atoms. The second-order valence-electron chi connectivity index (χ2n) is 16.4. The maximum atomic E-state index is 15.4. The van der Waals surface area contributed by atoms with Crippen LogP contribution in [0.15, 0.2) is 67.1 Å². The van der Waals surface area contributed by atoms with Gasteiger partial charge in [0, 0.05) is 80.4 Å². The molecule has 2 aromatic heterocycles. The van der Waals surface area contributed by atoms with E-state index in [1.54, 1.807) is 30.6 Å². The molecule has 6 heterocycles. The Labute approximate surface area is 357 Å². The molecule has 16 heteroatoms. The van der Waals surface area contributed by atoms with Crippen molar-refractivity contribution in [2.45, 2.75) is 82.5 Å². The van der Waals surface area contributed by atoms with Gasteiger partial charge in [0.25, 0.3) is 5.91 Å². The zero-order valence-corrected chi connectivity index (χ0v) is 34.3. The van der Waals surface area contributed by atoms with Gasteiger partial charge in [0.05, 0.1) is 54.5 Å². The van der Waals surface area contributed by atoms with Crippen LogP contribution in [0.2, 0.25) is 0 Å². The van der Waals surface area contributed by atoms with Crippen molar-refractivity contribution in [3.8, 4) is 28.1 Å². The van der Waals surface area contributed by atoms with E-state index in [2.05, 4.69) is 20.7 Å². The fraction of sp³-hybridized carbons (Fsp3) is 0.413. The number of nitrogens with zero attached hydrogens (tertiary/aromatic N) is 6. The van der Waals surface area contributed by atoms with E-state index in [4.69, 9.17) is 14.5 Å². The third-order valence-corrected chi connectivity index (χ3v) is 12.4. The molecular formula is C46H48F2N8O6. The lowest BCUT2D eigenvalue weighted by Crippen LogP contribution is -2.52. The van der Waals surface area contributed by atoms with Crippen molar-refractivity contribution in [1.29, 1.82) is 0 Å². The molecule has 0 spiro atoms. The number of para-hydroxylation sites is 1. The largest absolute Gasteiger partial charge is 0.494 e. The number of morpholine rings is 1. The summed E-state index contributed by atoms with van der Waals surface area (Å²) < 4.78 is 44.3. The maximum Gasteiger partial charge on any atom is 0.255 e. The van der Waals surface area contributed by atoms with Crippen molar-refractivity contribution in [1.82, 2.24) is 40.2 Å². The Bertz CT molecular complexity index is 2490. The molecule has 2 atom stereocenters. The van der Waals surface area contributed by atoms with Gasteiger partial charge >= 0.3 is 0 Å². The van der Waals surface area contributed by atoms with E-state index < -0.39 is 23.6 Å². The number of fused-ring (bicyclic) bond motifs is 2. The number of benzene rings is 3. The van der Waals surface area contributed by atoms with Crippen molar-refractivity contribution >= 4 is 34.7 Å². The molecular weight excluding hydrogens is 799 g/mol. The summed E-state index contributed by atoms with van der Waals surface area (Å²) in [5.74, 6) is -1.52. The third kappa shape index (κ3) is 8.79. The minimum atomic E-state index is -0.656. The van der Waals surface area contributed by atoms with Gasteiger partial charge in [0.1, 0.15) is 23.4 Å². The van der Waals surface area contributed by atoms with Crippen molar-refractivity contribution in [2.24, 2.45) is 0 Å². The third-order valence-electron chi connectivity index (χ3n) is 12.4. The standard InChI is InChI=1S/C46H48F2N8O6/c47-37-19-29(20-38(48)36(37)22-33-24-49-14-18-62-33)34-5-4-6-39-44(34)52-40(25-50-39)30-23-51-56(27-30)31-12-15-54(16-13-31)43(58)7-2-1-3-17-61-32-9-8-28-26-55(46(60)35(28)21-32)41-10-11-42(57)53-45(41)59/h4-6,8-9,19-21,23,25,27,31,33,41,49H,1-3,7,10-18,22,24,26H2,(H,53,57,59). The summed E-state index contributed by atoms with van der Waals surface area (Å²) in [6.45, 7) is 3.81. The number of hydrogen-bond acceptors (Lipinski definition) is 10. The number of aromatic nitrogens is 4. The average Bonchev–Trinajstić information content (AvgIpc) is 3.91. The number of unbranched alkanes of at least 4 members (excludes halogenated alkanes) is 2. The number of ether oxygens (including phenoxy) is 2. The fourth-order valence-corrected chi connectivity index (χ4v) is 8.91. The second-order valence-corrected chi connectivity index (χ2v) is 16.4. The minimum absolute atomic E-state index is 0.00794. The molecule has 0 radical (unpaired) electrons. The fourth-order valence-electron chi connectivity index (χ4n) is 8.91. The Hall–Kier alpha value is -6.13. The summed E-state index contributed by atoms with van der Waals surface area (Å²) in [4.78, 5) is 63.1. The number of imide groups is 1. The molecule has 322 valence electrons. The lowest BCUT2D eigenvalue weighted by molar-refractivity contribution is -0.137. The molecule has 4 amide bonds. The van der Waals surface area contributed by atoms with Gasteiger partial charge in [-0.1, -0.05) is 18.2 Å². The van der Waals surface area contributed by atoms with Gasteiger partial charge in [0.15, 0.2) is 0 Å². The first-order valence-corrected chi connectivity index (χ1v) is 21.5. The first-order valence-electron chi connectivity index (χ1n) is 21.5. The van der Waals surface area contributed by atoms with Crippen LogP contribution in [0, 0.1) is 11.6 Å². The molecule has 2 N–H and O–H groups in total. The summed E-state index contributed by atoms with van der Waals surface area (Å²) in [7, 11) is 0. The van der Waals surface area contributed by atoms with Gasteiger partial charge in [0.2, 0.25) is 17.7 Å². The molecule has 9 rings (SSSR count). The normalized spacial score (nSPS) is 19.5. The summed E-state index contributed by atoms with van der Waals surface area (Å²) in [5.41, 5.74) is 4.80. The number of amides is 4. The molecule has 4 aliphatic heterocycles. The number of halogens is 2. The van der Waals surface area contributed by atoms with Crippen LogP contribution in [0.3, 0.4) is 0 Å².